The molecule has 4 atom stereocenters. The van der Waals surface area contributed by atoms with Crippen molar-refractivity contribution >= 4 is 0 Å². The lowest BCUT2D eigenvalue weighted by molar-refractivity contribution is -0.210. The second-order valence-corrected chi connectivity index (χ2v) is 21.2. The van der Waals surface area contributed by atoms with Crippen LogP contribution in [0.3, 0.4) is 0 Å². The fourth-order valence-corrected chi connectivity index (χ4v) is 9.78. The van der Waals surface area contributed by atoms with Crippen LogP contribution in [0.1, 0.15) is 142 Å². The average molecular weight is 1090 g/mol. The molecule has 0 saturated carbocycles. The molecule has 0 aromatic carbocycles. The first-order chi connectivity index (χ1) is 37.3. The van der Waals surface area contributed by atoms with Crippen molar-refractivity contribution < 1.29 is 28.4 Å². The third-order valence-corrected chi connectivity index (χ3v) is 14.5. The lowest BCUT2D eigenvalue weighted by atomic mass is 9.94. The van der Waals surface area contributed by atoms with E-state index in [1.807, 2.05) is 0 Å². The average Bonchev–Trinajstić information content (AvgIpc) is 3.43. The molecule has 0 aromatic heterocycles. The Balaban J connectivity index is 7.92. The number of nitrogens with zero attached hydrogens (tertiary/aromatic N) is 3. The maximum atomic E-state index is 7.37. The van der Waals surface area contributed by atoms with Crippen molar-refractivity contribution in [2.24, 2.45) is 80.8 Å². The van der Waals surface area contributed by atoms with Gasteiger partial charge in [0.05, 0.1) is 39.8 Å². The third-order valence-electron chi connectivity index (χ3n) is 14.5. The van der Waals surface area contributed by atoms with E-state index >= 15 is 0 Å². The molecule has 76 heavy (non-hydrogen) atoms. The van der Waals surface area contributed by atoms with Crippen molar-refractivity contribution in [2.75, 3.05) is 177 Å². The predicted molar refractivity (Wildman–Crippen MR) is 318 cm³/mol. The minimum atomic E-state index is -0.632. The van der Waals surface area contributed by atoms with Gasteiger partial charge in [-0.25, -0.2) is 0 Å². The van der Waals surface area contributed by atoms with Gasteiger partial charge < -0.3 is 101 Å². The van der Waals surface area contributed by atoms with Crippen molar-refractivity contribution in [3.8, 4) is 0 Å². The topological polar surface area (TPSA) is 351 Å². The van der Waals surface area contributed by atoms with Crippen LogP contribution < -0.4 is 63.1 Å². The summed E-state index contributed by atoms with van der Waals surface area (Å²) in [6.07, 6.45) is 17.5. The smallest absolute Gasteiger partial charge is 0.116 e. The van der Waals surface area contributed by atoms with Crippen molar-refractivity contribution in [2.45, 2.75) is 166 Å². The fourth-order valence-electron chi connectivity index (χ4n) is 9.78. The van der Waals surface area contributed by atoms with E-state index in [2.05, 4.69) is 21.6 Å². The molecule has 0 fully saturated rings. The van der Waals surface area contributed by atoms with Crippen LogP contribution in [-0.4, -0.2) is 216 Å². The first kappa shape index (κ1) is 75.2. The predicted octanol–water partition coefficient (Wildman–Crippen LogP) is 2.03. The molecule has 0 bridgehead atoms. The van der Waals surface area contributed by atoms with Crippen LogP contribution >= 0.6 is 0 Å². The molecule has 0 spiro atoms. The summed E-state index contributed by atoms with van der Waals surface area (Å²) < 4.78 is 42.7. The summed E-state index contributed by atoms with van der Waals surface area (Å²) in [5.41, 5.74) is 66.7. The van der Waals surface area contributed by atoms with Gasteiger partial charge in [-0.15, -0.1) is 0 Å². The first-order valence-electron chi connectivity index (χ1n) is 30.8. The van der Waals surface area contributed by atoms with Crippen molar-refractivity contribution in [3.63, 3.8) is 0 Å². The van der Waals surface area contributed by atoms with Gasteiger partial charge in [0.1, 0.15) is 24.4 Å². The molecule has 20 heteroatoms. The van der Waals surface area contributed by atoms with E-state index < -0.39 is 24.4 Å². The molecular formula is C56H128N14O6. The summed E-state index contributed by atoms with van der Waals surface area (Å²) in [6.45, 7) is 19.2. The minimum absolute atomic E-state index is 0.256. The van der Waals surface area contributed by atoms with E-state index in [0.29, 0.717) is 130 Å². The van der Waals surface area contributed by atoms with Gasteiger partial charge in [0.2, 0.25) is 0 Å². The highest BCUT2D eigenvalue weighted by Gasteiger charge is 2.40. The van der Waals surface area contributed by atoms with Gasteiger partial charge in [-0.2, -0.15) is 0 Å². The van der Waals surface area contributed by atoms with Crippen molar-refractivity contribution in [3.05, 3.63) is 0 Å². The second-order valence-electron chi connectivity index (χ2n) is 21.2. The van der Waals surface area contributed by atoms with E-state index in [-0.39, 0.29) is 12.5 Å². The number of nitrogens with two attached hydrogens (primary N) is 11. The molecule has 22 N–H and O–H groups in total. The normalized spacial score (nSPS) is 14.0. The molecule has 20 nitrogen and oxygen atoms in total. The molecule has 0 saturated heterocycles. The molecule has 0 radical (unpaired) electrons. The summed E-state index contributed by atoms with van der Waals surface area (Å²) in [7, 11) is 0. The number of unbranched alkanes of at least 4 members (excludes halogenated alkanes) is 1. The van der Waals surface area contributed by atoms with Crippen LogP contribution in [0.4, 0.5) is 0 Å². The fraction of sp³-hybridized carbons (Fsp3) is 1.00. The molecule has 4 unspecified atom stereocenters. The van der Waals surface area contributed by atoms with E-state index in [1.165, 1.54) is 0 Å². The minimum Gasteiger partial charge on any atom is -0.377 e. The summed E-state index contributed by atoms with van der Waals surface area (Å²) >= 11 is 0. The zero-order valence-electron chi connectivity index (χ0n) is 49.1. The second kappa shape index (κ2) is 57.4. The lowest BCUT2D eigenvalue weighted by Crippen LogP contribution is -2.54. The van der Waals surface area contributed by atoms with Crippen molar-refractivity contribution in [1.82, 2.24) is 14.7 Å². The van der Waals surface area contributed by atoms with Gasteiger partial charge in [0.25, 0.3) is 0 Å². The maximum absolute atomic E-state index is 7.37. The number of hydrogen-bond acceptors (Lipinski definition) is 20. The number of ether oxygens (including phenoxy) is 6. The Morgan fingerprint density at radius 1 is 0.289 bits per heavy atom. The zero-order valence-corrected chi connectivity index (χ0v) is 49.1. The van der Waals surface area contributed by atoms with Gasteiger partial charge >= 0.3 is 0 Å². The summed E-state index contributed by atoms with van der Waals surface area (Å²) in [4.78, 5) is 7.15. The van der Waals surface area contributed by atoms with E-state index in [1.54, 1.807) is 0 Å². The Hall–Kier alpha value is -0.800. The number of rotatable bonds is 63. The largest absolute Gasteiger partial charge is 0.377 e. The molecular weight excluding hydrogens is 965 g/mol. The van der Waals surface area contributed by atoms with Crippen LogP contribution in [0.25, 0.3) is 0 Å². The Kier molecular flexibility index (Phi) is 56.8. The SMILES string of the molecule is CCCCN(CCCN)CCOCC(OCC(CCCN)CCCN)C(OCCC(CCCN)CCCN)C(OCN(CCCN)CCCN)C(COCCN(CCCN)CCCN)OCCC(CCCN)CCCN. The molecule has 0 aliphatic carbocycles. The highest BCUT2D eigenvalue weighted by atomic mass is 16.6. The monoisotopic (exact) mass is 1090 g/mol. The van der Waals surface area contributed by atoms with Crippen molar-refractivity contribution in [1.29, 1.82) is 0 Å². The zero-order chi connectivity index (χ0) is 56.0. The Morgan fingerprint density at radius 3 is 1.00 bits per heavy atom. The summed E-state index contributed by atoms with van der Waals surface area (Å²) in [5.74, 6) is 1.08. The van der Waals surface area contributed by atoms with Crippen LogP contribution in [0.2, 0.25) is 0 Å². The van der Waals surface area contributed by atoms with Gasteiger partial charge in [-0.05, 0) is 244 Å². The van der Waals surface area contributed by atoms with Crippen LogP contribution in [-0.2, 0) is 28.4 Å². The van der Waals surface area contributed by atoms with Gasteiger partial charge in [-0.3, -0.25) is 4.90 Å². The molecule has 0 rings (SSSR count). The Morgan fingerprint density at radius 2 is 0.618 bits per heavy atom. The van der Waals surface area contributed by atoms with Crippen LogP contribution in [0.15, 0.2) is 0 Å². The first-order valence-corrected chi connectivity index (χ1v) is 30.8. The quantitative estimate of drug-likeness (QED) is 0.0307. The van der Waals surface area contributed by atoms with Crippen LogP contribution in [0.5, 0.6) is 0 Å². The summed E-state index contributed by atoms with van der Waals surface area (Å²) in [5, 5.41) is 0. The molecule has 458 valence electrons. The van der Waals surface area contributed by atoms with E-state index in [4.69, 9.17) is 91.5 Å². The Labute approximate surface area is 466 Å². The van der Waals surface area contributed by atoms with Gasteiger partial charge in [0, 0.05) is 39.4 Å². The van der Waals surface area contributed by atoms with Gasteiger partial charge in [-0.1, -0.05) is 13.3 Å². The molecule has 0 amide bonds. The standard InChI is InChI=1S/C56H128N14O6/c1-2-3-34-68(35-10-29-63)40-44-72-48-54(75-46-52(19-8-27-61)20-9-28-62)55(74-43-22-51(17-6-25-59)18-7-26-60)56(76-49-70(38-13-32-66)39-14-33-67)53(73-42-21-50(15-4-23-57)16-5-24-58)47-71-45-41-69(36-11-30-64)37-12-31-65/h50-56H,2-49,57-67H2,1H3. The van der Waals surface area contributed by atoms with E-state index in [0.717, 1.165) is 187 Å². The molecule has 0 aliphatic heterocycles. The lowest BCUT2D eigenvalue weighted by Gasteiger charge is -2.39. The number of hydrogen-bond donors (Lipinski definition) is 11. The summed E-state index contributed by atoms with van der Waals surface area (Å²) in [6, 6.07) is 0. The Bertz CT molecular complexity index is 1110. The maximum Gasteiger partial charge on any atom is 0.116 e. The highest BCUT2D eigenvalue weighted by molar-refractivity contribution is 4.88. The van der Waals surface area contributed by atoms with E-state index in [9.17, 15) is 0 Å². The van der Waals surface area contributed by atoms with Gasteiger partial charge in [0.15, 0.2) is 0 Å². The third kappa shape index (κ3) is 42.1. The van der Waals surface area contributed by atoms with Crippen LogP contribution in [0, 0.1) is 17.8 Å². The molecule has 0 heterocycles. The molecule has 0 aromatic rings. The highest BCUT2D eigenvalue weighted by Crippen LogP contribution is 2.26. The molecule has 0 aliphatic rings.